The van der Waals surface area contributed by atoms with Crippen LogP contribution in [-0.4, -0.2) is 59.6 Å². The van der Waals surface area contributed by atoms with Crippen LogP contribution in [0.3, 0.4) is 0 Å². The Bertz CT molecular complexity index is 974. The van der Waals surface area contributed by atoms with E-state index in [0.29, 0.717) is 17.5 Å². The molecule has 1 aromatic carbocycles. The predicted molar refractivity (Wildman–Crippen MR) is 137 cm³/mol. The first-order chi connectivity index (χ1) is 16.8. The fraction of sp³-hybridized carbons (Fsp3) is 0.556. The van der Waals surface area contributed by atoms with E-state index < -0.39 is 41.1 Å². The largest absolute Gasteiger partial charge is 0.466 e. The molecule has 1 unspecified atom stereocenters. The lowest BCUT2D eigenvalue weighted by Crippen LogP contribution is -2.56. The number of alkyl carbamates (subject to hydrolysis) is 1. The average molecular weight is 502 g/mol. The molecular weight excluding hydrogens is 462 g/mol. The summed E-state index contributed by atoms with van der Waals surface area (Å²) < 4.78 is 10.2. The van der Waals surface area contributed by atoms with Crippen molar-refractivity contribution >= 4 is 23.9 Å². The lowest BCUT2D eigenvalue weighted by Gasteiger charge is -2.43. The van der Waals surface area contributed by atoms with Crippen molar-refractivity contribution in [1.29, 1.82) is 0 Å². The second-order valence-electron chi connectivity index (χ2n) is 9.77. The molecule has 0 saturated carbocycles. The molecule has 0 radical (unpaired) electrons. The van der Waals surface area contributed by atoms with E-state index >= 15 is 0 Å². The lowest BCUT2D eigenvalue weighted by atomic mass is 9.91. The summed E-state index contributed by atoms with van der Waals surface area (Å²) in [7, 11) is 0. The van der Waals surface area contributed by atoms with Crippen LogP contribution in [-0.2, 0) is 23.9 Å². The van der Waals surface area contributed by atoms with Crippen LogP contribution in [0.1, 0.15) is 78.5 Å². The van der Waals surface area contributed by atoms with Crippen LogP contribution in [0.15, 0.2) is 24.3 Å². The van der Waals surface area contributed by atoms with Gasteiger partial charge in [0, 0.05) is 17.6 Å². The highest BCUT2D eigenvalue weighted by Crippen LogP contribution is 2.32. The normalized spacial score (nSPS) is 12.1. The van der Waals surface area contributed by atoms with Crippen LogP contribution in [0.2, 0.25) is 0 Å². The molecular formula is C27H39N3O6. The summed E-state index contributed by atoms with van der Waals surface area (Å²) >= 11 is 0. The van der Waals surface area contributed by atoms with Gasteiger partial charge in [-0.3, -0.25) is 14.4 Å². The van der Waals surface area contributed by atoms with Crippen LogP contribution in [0.25, 0.3) is 0 Å². The molecule has 198 valence electrons. The number of carbonyl (C=O) groups is 4. The van der Waals surface area contributed by atoms with Crippen LogP contribution < -0.4 is 10.6 Å². The number of hydrogen-bond acceptors (Lipinski definition) is 6. The third-order valence-corrected chi connectivity index (χ3v) is 5.42. The summed E-state index contributed by atoms with van der Waals surface area (Å²) in [6.45, 7) is 12.3. The quantitative estimate of drug-likeness (QED) is 0.355. The number of carbonyl (C=O) groups excluding carboxylic acids is 4. The van der Waals surface area contributed by atoms with Crippen molar-refractivity contribution < 1.29 is 28.7 Å². The molecule has 0 aromatic heterocycles. The second kappa shape index (κ2) is 13.5. The van der Waals surface area contributed by atoms with Gasteiger partial charge >= 0.3 is 12.1 Å². The van der Waals surface area contributed by atoms with Crippen LogP contribution in [0.5, 0.6) is 0 Å². The number of ether oxygens (including phenoxy) is 2. The first kappa shape index (κ1) is 30.5. The minimum atomic E-state index is -1.11. The summed E-state index contributed by atoms with van der Waals surface area (Å²) in [5.74, 6) is 1.14. The lowest BCUT2D eigenvalue weighted by molar-refractivity contribution is -0.147. The van der Waals surface area contributed by atoms with Gasteiger partial charge in [-0.15, -0.1) is 6.42 Å². The maximum absolute atomic E-state index is 13.6. The van der Waals surface area contributed by atoms with Crippen LogP contribution >= 0.6 is 0 Å². The number of nitrogens with zero attached hydrogens (tertiary/aromatic N) is 1. The molecule has 0 spiro atoms. The van der Waals surface area contributed by atoms with Gasteiger partial charge in [0.2, 0.25) is 11.8 Å². The Morgan fingerprint density at radius 3 is 2.25 bits per heavy atom. The fourth-order valence-electron chi connectivity index (χ4n) is 3.43. The second-order valence-corrected chi connectivity index (χ2v) is 9.77. The molecule has 0 heterocycles. The Kier molecular flexibility index (Phi) is 11.5. The molecule has 9 heteroatoms. The SMILES string of the molecule is C#Cc1ccccc1C(C(=O)NCCC(=O)OCC)N(C(=O)CNC(=O)OC(C)(C)C)C(C)(C)CC. The molecule has 2 N–H and O–H groups in total. The van der Waals surface area contributed by atoms with Gasteiger partial charge in [0.25, 0.3) is 0 Å². The van der Waals surface area contributed by atoms with E-state index in [1.165, 1.54) is 4.90 Å². The Labute approximate surface area is 214 Å². The summed E-state index contributed by atoms with van der Waals surface area (Å²) in [5.41, 5.74) is -0.617. The molecule has 0 saturated heterocycles. The molecule has 3 amide bonds. The molecule has 0 fully saturated rings. The molecule has 0 bridgehead atoms. The Morgan fingerprint density at radius 2 is 1.69 bits per heavy atom. The van der Waals surface area contributed by atoms with E-state index in [9.17, 15) is 19.2 Å². The summed E-state index contributed by atoms with van der Waals surface area (Å²) in [4.78, 5) is 52.5. The number of hydrogen-bond donors (Lipinski definition) is 2. The molecule has 0 aliphatic carbocycles. The van der Waals surface area contributed by atoms with Crippen molar-refractivity contribution in [2.45, 2.75) is 78.5 Å². The fourth-order valence-corrected chi connectivity index (χ4v) is 3.43. The highest BCUT2D eigenvalue weighted by atomic mass is 16.6. The number of benzene rings is 1. The molecule has 36 heavy (non-hydrogen) atoms. The number of amides is 3. The van der Waals surface area contributed by atoms with E-state index in [1.54, 1.807) is 52.0 Å². The zero-order valence-electron chi connectivity index (χ0n) is 22.4. The summed E-state index contributed by atoms with van der Waals surface area (Å²) in [5, 5.41) is 5.21. The number of rotatable bonds is 11. The third-order valence-electron chi connectivity index (χ3n) is 5.42. The van der Waals surface area contributed by atoms with E-state index in [4.69, 9.17) is 15.9 Å². The van der Waals surface area contributed by atoms with Gasteiger partial charge in [-0.25, -0.2) is 4.79 Å². The average Bonchev–Trinajstić information content (AvgIpc) is 2.79. The monoisotopic (exact) mass is 501 g/mol. The first-order valence-electron chi connectivity index (χ1n) is 12.0. The van der Waals surface area contributed by atoms with Gasteiger partial charge in [0.15, 0.2) is 0 Å². The van der Waals surface area contributed by atoms with E-state index in [-0.39, 0.29) is 26.1 Å². The zero-order chi connectivity index (χ0) is 27.5. The Morgan fingerprint density at radius 1 is 1.06 bits per heavy atom. The zero-order valence-corrected chi connectivity index (χ0v) is 22.4. The smallest absolute Gasteiger partial charge is 0.408 e. The molecule has 1 atom stereocenters. The van der Waals surface area contributed by atoms with E-state index in [1.807, 2.05) is 20.8 Å². The molecule has 1 aromatic rings. The van der Waals surface area contributed by atoms with Crippen LogP contribution in [0, 0.1) is 12.3 Å². The Balaban J connectivity index is 3.37. The summed E-state index contributed by atoms with van der Waals surface area (Å²) in [6, 6.07) is 5.75. The third kappa shape index (κ3) is 9.25. The van der Waals surface area contributed by atoms with E-state index in [2.05, 4.69) is 16.6 Å². The highest BCUT2D eigenvalue weighted by molar-refractivity contribution is 5.91. The van der Waals surface area contributed by atoms with Crippen molar-refractivity contribution in [3.8, 4) is 12.3 Å². The van der Waals surface area contributed by atoms with Crippen LogP contribution in [0.4, 0.5) is 4.79 Å². The maximum Gasteiger partial charge on any atom is 0.408 e. The predicted octanol–water partition coefficient (Wildman–Crippen LogP) is 3.32. The molecule has 1 rings (SSSR count). The molecule has 0 aliphatic heterocycles. The topological polar surface area (TPSA) is 114 Å². The van der Waals surface area contributed by atoms with Crippen molar-refractivity contribution in [3.05, 3.63) is 35.4 Å². The minimum absolute atomic E-state index is 0.0194. The number of nitrogens with one attached hydrogen (secondary N) is 2. The Hall–Kier alpha value is -3.54. The van der Waals surface area contributed by atoms with Crippen molar-refractivity contribution in [2.24, 2.45) is 0 Å². The van der Waals surface area contributed by atoms with Gasteiger partial charge in [-0.05, 0) is 59.6 Å². The molecule has 9 nitrogen and oxygen atoms in total. The first-order valence-corrected chi connectivity index (χ1v) is 12.0. The highest BCUT2D eigenvalue weighted by Gasteiger charge is 2.40. The number of esters is 1. The van der Waals surface area contributed by atoms with Gasteiger partial charge in [-0.1, -0.05) is 31.0 Å². The van der Waals surface area contributed by atoms with Crippen molar-refractivity contribution in [3.63, 3.8) is 0 Å². The maximum atomic E-state index is 13.6. The van der Waals surface area contributed by atoms with Gasteiger partial charge < -0.3 is 25.0 Å². The molecule has 0 aliphatic rings. The van der Waals surface area contributed by atoms with Crippen molar-refractivity contribution in [2.75, 3.05) is 19.7 Å². The van der Waals surface area contributed by atoms with E-state index in [0.717, 1.165) is 0 Å². The standard InChI is InChI=1S/C27H39N3O6/c1-9-19-14-12-13-15-20(19)23(24(33)28-17-16-22(32)35-11-3)30(27(7,8)10-2)21(31)18-29-25(34)36-26(4,5)6/h1,12-15,23H,10-11,16-18H2,2-8H3,(H,28,33)(H,29,34). The van der Waals surface area contributed by atoms with Gasteiger partial charge in [-0.2, -0.15) is 0 Å². The van der Waals surface area contributed by atoms with Gasteiger partial charge in [0.05, 0.1) is 13.0 Å². The number of terminal acetylenes is 1. The van der Waals surface area contributed by atoms with Crippen molar-refractivity contribution in [1.82, 2.24) is 15.5 Å². The summed E-state index contributed by atoms with van der Waals surface area (Å²) in [6.07, 6.45) is 5.46. The minimum Gasteiger partial charge on any atom is -0.466 e. The van der Waals surface area contributed by atoms with Gasteiger partial charge in [0.1, 0.15) is 18.2 Å².